The van der Waals surface area contributed by atoms with Gasteiger partial charge in [0.1, 0.15) is 5.82 Å². The second kappa shape index (κ2) is 6.69. The first kappa shape index (κ1) is 17.3. The molecule has 0 atom stereocenters. The van der Waals surface area contributed by atoms with Crippen LogP contribution in [0.4, 0.5) is 20.3 Å². The van der Waals surface area contributed by atoms with Gasteiger partial charge in [-0.3, -0.25) is 4.68 Å². The lowest BCUT2D eigenvalue weighted by Gasteiger charge is -2.32. The van der Waals surface area contributed by atoms with Crippen molar-refractivity contribution in [2.24, 2.45) is 7.05 Å². The Hall–Kier alpha value is -2.76. The molecule has 144 valence electrons. The summed E-state index contributed by atoms with van der Waals surface area (Å²) in [4.78, 5) is 6.97. The highest BCUT2D eigenvalue weighted by Gasteiger charge is 2.26. The second-order valence-corrected chi connectivity index (χ2v) is 7.66. The van der Waals surface area contributed by atoms with Crippen LogP contribution in [0.25, 0.3) is 11.1 Å². The van der Waals surface area contributed by atoms with Crippen LogP contribution >= 0.6 is 0 Å². The Morgan fingerprint density at radius 3 is 2.68 bits per heavy atom. The molecule has 5 rings (SSSR count). The van der Waals surface area contributed by atoms with Crippen molar-refractivity contribution in [2.75, 3.05) is 11.4 Å². The van der Waals surface area contributed by atoms with Crippen LogP contribution in [0.15, 0.2) is 36.7 Å². The van der Waals surface area contributed by atoms with E-state index in [1.807, 2.05) is 12.1 Å². The van der Waals surface area contributed by atoms with Crippen LogP contribution in [-0.4, -0.2) is 21.3 Å². The zero-order valence-electron chi connectivity index (χ0n) is 15.8. The average molecular weight is 380 g/mol. The molecule has 28 heavy (non-hydrogen) atoms. The van der Waals surface area contributed by atoms with E-state index >= 15 is 0 Å². The van der Waals surface area contributed by atoms with Gasteiger partial charge in [-0.05, 0) is 67.0 Å². The van der Waals surface area contributed by atoms with Crippen LogP contribution in [0.1, 0.15) is 41.7 Å². The van der Waals surface area contributed by atoms with Crippen molar-refractivity contribution in [1.29, 1.82) is 0 Å². The minimum absolute atomic E-state index is 0.0554. The summed E-state index contributed by atoms with van der Waals surface area (Å²) >= 11 is 0. The first-order chi connectivity index (χ1) is 13.6. The molecular weight excluding hydrogens is 358 g/mol. The predicted molar refractivity (Wildman–Crippen MR) is 105 cm³/mol. The number of benzene rings is 1. The highest BCUT2D eigenvalue weighted by molar-refractivity contribution is 5.76. The molecule has 0 fully saturated rings. The third-order valence-electron chi connectivity index (χ3n) is 5.81. The fourth-order valence-electron chi connectivity index (χ4n) is 4.44. The summed E-state index contributed by atoms with van der Waals surface area (Å²) in [5.41, 5.74) is 5.79. The summed E-state index contributed by atoms with van der Waals surface area (Å²) < 4.78 is 29.5. The van der Waals surface area contributed by atoms with Gasteiger partial charge in [0.05, 0.1) is 6.20 Å². The van der Waals surface area contributed by atoms with Crippen molar-refractivity contribution in [3.05, 3.63) is 59.0 Å². The number of fused-ring (bicyclic) bond motifs is 2. The lowest BCUT2D eigenvalue weighted by molar-refractivity contribution is 0.152. The zero-order chi connectivity index (χ0) is 19.3. The van der Waals surface area contributed by atoms with Crippen molar-refractivity contribution in [3.8, 4) is 11.1 Å². The second-order valence-electron chi connectivity index (χ2n) is 7.66. The number of hydrogen-bond donors (Lipinski definition) is 0. The van der Waals surface area contributed by atoms with E-state index in [9.17, 15) is 8.78 Å². The Morgan fingerprint density at radius 1 is 1.04 bits per heavy atom. The van der Waals surface area contributed by atoms with E-state index in [0.717, 1.165) is 67.0 Å². The summed E-state index contributed by atoms with van der Waals surface area (Å²) in [5, 5.41) is 4.15. The van der Waals surface area contributed by atoms with Crippen molar-refractivity contribution >= 4 is 11.5 Å². The first-order valence-corrected chi connectivity index (χ1v) is 9.80. The van der Waals surface area contributed by atoms with Crippen LogP contribution < -0.4 is 4.90 Å². The van der Waals surface area contributed by atoms with E-state index in [4.69, 9.17) is 4.98 Å². The Morgan fingerprint density at radius 2 is 1.89 bits per heavy atom. The molecule has 3 aromatic rings. The molecule has 0 unspecified atom stereocenters. The van der Waals surface area contributed by atoms with Crippen LogP contribution in [0.3, 0.4) is 0 Å². The number of rotatable bonds is 3. The van der Waals surface area contributed by atoms with Gasteiger partial charge >= 0.3 is 0 Å². The number of hydrogen-bond acceptors (Lipinski definition) is 3. The molecular formula is C22H22F2N4. The number of anilines is 2. The van der Waals surface area contributed by atoms with E-state index in [-0.39, 0.29) is 5.56 Å². The molecule has 6 heteroatoms. The maximum absolute atomic E-state index is 13.9. The summed E-state index contributed by atoms with van der Waals surface area (Å²) in [5.74, 6) is 0.871. The lowest BCUT2D eigenvalue weighted by atomic mass is 9.93. The maximum atomic E-state index is 13.9. The molecule has 0 N–H and O–H groups in total. The first-order valence-electron chi connectivity index (χ1n) is 9.80. The molecule has 0 saturated carbocycles. The van der Waals surface area contributed by atoms with Gasteiger partial charge in [-0.2, -0.15) is 5.10 Å². The van der Waals surface area contributed by atoms with Gasteiger partial charge < -0.3 is 4.90 Å². The summed E-state index contributed by atoms with van der Waals surface area (Å²) in [6, 6.07) is 7.77. The molecule has 4 nitrogen and oxygen atoms in total. The largest absolute Gasteiger partial charge is 0.326 e. The van der Waals surface area contributed by atoms with E-state index < -0.39 is 6.43 Å². The number of aryl methyl sites for hydroxylation is 4. The minimum Gasteiger partial charge on any atom is -0.326 e. The van der Waals surface area contributed by atoms with Crippen LogP contribution in [0.5, 0.6) is 0 Å². The Bertz CT molecular complexity index is 1040. The van der Waals surface area contributed by atoms with Gasteiger partial charge in [-0.1, -0.05) is 6.07 Å². The van der Waals surface area contributed by atoms with E-state index in [1.165, 1.54) is 5.56 Å². The third-order valence-corrected chi connectivity index (χ3v) is 5.81. The van der Waals surface area contributed by atoms with Crippen LogP contribution in [-0.2, 0) is 26.3 Å². The molecule has 1 aliphatic heterocycles. The van der Waals surface area contributed by atoms with Crippen LogP contribution in [0, 0.1) is 0 Å². The van der Waals surface area contributed by atoms with Gasteiger partial charge in [0.25, 0.3) is 6.43 Å². The molecule has 0 amide bonds. The van der Waals surface area contributed by atoms with Gasteiger partial charge in [-0.25, -0.2) is 13.8 Å². The Balaban J connectivity index is 1.62. The molecule has 0 saturated heterocycles. The van der Waals surface area contributed by atoms with Gasteiger partial charge in [-0.15, -0.1) is 0 Å². The molecule has 2 aliphatic rings. The fraction of sp³-hybridized carbons (Fsp3) is 0.364. The van der Waals surface area contributed by atoms with E-state index in [0.29, 0.717) is 5.56 Å². The number of halogens is 2. The Kier molecular flexibility index (Phi) is 4.14. The number of aromatic nitrogens is 3. The predicted octanol–water partition coefficient (Wildman–Crippen LogP) is 4.99. The van der Waals surface area contributed by atoms with E-state index in [2.05, 4.69) is 16.1 Å². The van der Waals surface area contributed by atoms with Crippen molar-refractivity contribution in [2.45, 2.75) is 38.5 Å². The van der Waals surface area contributed by atoms with Crippen molar-refractivity contribution < 1.29 is 8.78 Å². The summed E-state index contributed by atoms with van der Waals surface area (Å²) in [6.07, 6.45) is 5.99. The average Bonchev–Trinajstić information content (AvgIpc) is 3.34. The smallest absolute Gasteiger partial charge is 0.264 e. The van der Waals surface area contributed by atoms with E-state index in [1.54, 1.807) is 30.2 Å². The SMILES string of the molecule is Cn1cc(-c2cc3c(cc2C(F)F)N(c2ccc4c(n2)CCC4)CCC3)cn1. The molecule has 3 heterocycles. The standard InChI is InChI=1S/C22H22F2N4/c1-27-13-16(12-25-27)17-10-15-5-3-9-28(20(15)11-18(17)22(23)24)21-8-7-14-4-2-6-19(14)26-21/h7-8,10-13,22H,2-6,9H2,1H3. The highest BCUT2D eigenvalue weighted by Crippen LogP contribution is 2.41. The Labute approximate surface area is 162 Å². The third kappa shape index (κ3) is 2.87. The van der Waals surface area contributed by atoms with Crippen molar-refractivity contribution in [1.82, 2.24) is 14.8 Å². The number of alkyl halides is 2. The number of nitrogens with zero attached hydrogens (tertiary/aromatic N) is 4. The topological polar surface area (TPSA) is 34.0 Å². The lowest BCUT2D eigenvalue weighted by Crippen LogP contribution is -2.26. The molecule has 1 aromatic carbocycles. The quantitative estimate of drug-likeness (QED) is 0.642. The van der Waals surface area contributed by atoms with Gasteiger partial charge in [0.15, 0.2) is 0 Å². The monoisotopic (exact) mass is 380 g/mol. The fourth-order valence-corrected chi connectivity index (χ4v) is 4.44. The summed E-state index contributed by atoms with van der Waals surface area (Å²) in [7, 11) is 1.80. The van der Waals surface area contributed by atoms with Gasteiger partial charge in [0.2, 0.25) is 0 Å². The summed E-state index contributed by atoms with van der Waals surface area (Å²) in [6.45, 7) is 0.799. The van der Waals surface area contributed by atoms with Crippen molar-refractivity contribution in [3.63, 3.8) is 0 Å². The molecule has 0 radical (unpaired) electrons. The highest BCUT2D eigenvalue weighted by atomic mass is 19.3. The van der Waals surface area contributed by atoms with Crippen LogP contribution in [0.2, 0.25) is 0 Å². The molecule has 2 aromatic heterocycles. The normalized spacial score (nSPS) is 15.8. The minimum atomic E-state index is -2.54. The number of pyridine rings is 1. The maximum Gasteiger partial charge on any atom is 0.264 e. The zero-order valence-corrected chi connectivity index (χ0v) is 15.8. The van der Waals surface area contributed by atoms with Gasteiger partial charge in [0, 0.05) is 42.3 Å². The molecule has 0 bridgehead atoms. The molecule has 1 aliphatic carbocycles. The molecule has 0 spiro atoms.